The van der Waals surface area contributed by atoms with E-state index in [0.29, 0.717) is 23.2 Å². The minimum atomic E-state index is -0.300. The number of nitrogens with one attached hydrogen (secondary N) is 1. The summed E-state index contributed by atoms with van der Waals surface area (Å²) in [7, 11) is 1.83. The van der Waals surface area contributed by atoms with Crippen molar-refractivity contribution in [2.45, 2.75) is 32.5 Å². The zero-order valence-electron chi connectivity index (χ0n) is 19.0. The van der Waals surface area contributed by atoms with Gasteiger partial charge in [-0.1, -0.05) is 23.9 Å². The summed E-state index contributed by atoms with van der Waals surface area (Å²) in [6.45, 7) is 6.64. The second-order valence-electron chi connectivity index (χ2n) is 7.71. The first-order valence-corrected chi connectivity index (χ1v) is 11.6. The zero-order chi connectivity index (χ0) is 23.5. The molecule has 0 atom stereocenters. The normalized spacial score (nSPS) is 11.1. The van der Waals surface area contributed by atoms with Crippen LogP contribution in [0.15, 0.2) is 53.8 Å². The molecule has 0 aliphatic carbocycles. The van der Waals surface area contributed by atoms with E-state index in [1.165, 1.54) is 23.9 Å². The molecule has 33 heavy (non-hydrogen) atoms. The van der Waals surface area contributed by atoms with Crippen molar-refractivity contribution in [1.29, 1.82) is 0 Å². The molecule has 4 aromatic rings. The van der Waals surface area contributed by atoms with Crippen molar-refractivity contribution in [1.82, 2.24) is 24.5 Å². The lowest BCUT2D eigenvalue weighted by Crippen LogP contribution is -2.15. The van der Waals surface area contributed by atoms with Crippen molar-refractivity contribution >= 4 is 23.4 Å². The number of benzene rings is 2. The molecule has 2 aromatic carbocycles. The van der Waals surface area contributed by atoms with Crippen molar-refractivity contribution < 1.29 is 9.18 Å². The Labute approximate surface area is 196 Å². The van der Waals surface area contributed by atoms with Crippen LogP contribution in [0.2, 0.25) is 0 Å². The highest BCUT2D eigenvalue weighted by atomic mass is 32.2. The number of hydrogen-bond acceptors (Lipinski definition) is 5. The molecule has 7 nitrogen and oxygen atoms in total. The molecule has 0 aliphatic rings. The molecule has 2 heterocycles. The molecule has 9 heteroatoms. The van der Waals surface area contributed by atoms with Crippen LogP contribution in [0.1, 0.15) is 18.1 Å². The number of anilines is 1. The largest absolute Gasteiger partial charge is 0.325 e. The second kappa shape index (κ2) is 9.58. The van der Waals surface area contributed by atoms with Crippen molar-refractivity contribution in [3.8, 4) is 22.6 Å². The molecule has 0 unspecified atom stereocenters. The SMILES string of the molecule is CCn1c(SCC(=O)Nc2cccc(C)c2C)nnc1-c1cn(C)nc1-c1ccc(F)cc1. The Morgan fingerprint density at radius 2 is 1.88 bits per heavy atom. The van der Waals surface area contributed by atoms with Crippen LogP contribution < -0.4 is 5.32 Å². The smallest absolute Gasteiger partial charge is 0.234 e. The van der Waals surface area contributed by atoms with E-state index in [1.54, 1.807) is 16.8 Å². The fraction of sp³-hybridized carbons (Fsp3) is 0.250. The van der Waals surface area contributed by atoms with Gasteiger partial charge in [-0.15, -0.1) is 10.2 Å². The molecule has 4 rings (SSSR count). The number of thioether (sulfide) groups is 1. The summed E-state index contributed by atoms with van der Waals surface area (Å²) in [5.74, 6) is 0.464. The van der Waals surface area contributed by atoms with E-state index in [0.717, 1.165) is 27.9 Å². The summed E-state index contributed by atoms with van der Waals surface area (Å²) in [5.41, 5.74) is 5.29. The van der Waals surface area contributed by atoms with Gasteiger partial charge in [-0.2, -0.15) is 5.10 Å². The Hall–Kier alpha value is -3.46. The Bertz CT molecular complexity index is 1300. The number of hydrogen-bond donors (Lipinski definition) is 1. The highest BCUT2D eigenvalue weighted by molar-refractivity contribution is 7.99. The Balaban J connectivity index is 1.55. The number of halogens is 1. The molecule has 0 aliphatic heterocycles. The minimum Gasteiger partial charge on any atom is -0.325 e. The summed E-state index contributed by atoms with van der Waals surface area (Å²) >= 11 is 1.34. The fourth-order valence-corrected chi connectivity index (χ4v) is 4.36. The van der Waals surface area contributed by atoms with E-state index in [-0.39, 0.29) is 17.5 Å². The molecular weight excluding hydrogens is 439 g/mol. The van der Waals surface area contributed by atoms with Crippen LogP contribution >= 0.6 is 11.8 Å². The van der Waals surface area contributed by atoms with Gasteiger partial charge in [0.15, 0.2) is 11.0 Å². The lowest BCUT2D eigenvalue weighted by molar-refractivity contribution is -0.113. The van der Waals surface area contributed by atoms with Gasteiger partial charge in [0.2, 0.25) is 5.91 Å². The molecule has 0 bridgehead atoms. The molecule has 1 amide bonds. The van der Waals surface area contributed by atoms with Gasteiger partial charge in [0.05, 0.1) is 11.3 Å². The molecule has 1 N–H and O–H groups in total. The molecule has 0 fully saturated rings. The molecular formula is C24H25FN6OS. The van der Waals surface area contributed by atoms with Crippen LogP contribution in [0.5, 0.6) is 0 Å². The second-order valence-corrected chi connectivity index (χ2v) is 8.65. The number of nitrogens with zero attached hydrogens (tertiary/aromatic N) is 5. The van der Waals surface area contributed by atoms with Gasteiger partial charge in [-0.3, -0.25) is 9.48 Å². The van der Waals surface area contributed by atoms with Crippen LogP contribution in [0, 0.1) is 19.7 Å². The predicted molar refractivity (Wildman–Crippen MR) is 129 cm³/mol. The standard InChI is InChI=1S/C24H25FN6OS/c1-5-31-23(19-13-30(4)29-22(19)17-9-11-18(25)12-10-17)27-28-24(31)33-14-21(32)26-20-8-6-7-15(2)16(20)3/h6-13H,5,14H2,1-4H3,(H,26,32). The lowest BCUT2D eigenvalue weighted by atomic mass is 10.1. The van der Waals surface area contributed by atoms with Gasteiger partial charge in [-0.25, -0.2) is 4.39 Å². The van der Waals surface area contributed by atoms with E-state index < -0.39 is 0 Å². The molecule has 0 saturated carbocycles. The predicted octanol–water partition coefficient (Wildman–Crippen LogP) is 4.85. The number of aromatic nitrogens is 5. The highest BCUT2D eigenvalue weighted by Crippen LogP contribution is 2.32. The van der Waals surface area contributed by atoms with E-state index in [9.17, 15) is 9.18 Å². The number of rotatable bonds is 7. The molecule has 0 saturated heterocycles. The Morgan fingerprint density at radius 3 is 2.61 bits per heavy atom. The summed E-state index contributed by atoms with van der Waals surface area (Å²) in [4.78, 5) is 12.6. The summed E-state index contributed by atoms with van der Waals surface area (Å²) < 4.78 is 17.1. The monoisotopic (exact) mass is 464 g/mol. The van der Waals surface area contributed by atoms with Gasteiger partial charge >= 0.3 is 0 Å². The Kier molecular flexibility index (Phi) is 6.60. The Morgan fingerprint density at radius 1 is 1.12 bits per heavy atom. The first-order valence-electron chi connectivity index (χ1n) is 10.6. The van der Waals surface area contributed by atoms with E-state index in [4.69, 9.17) is 0 Å². The van der Waals surface area contributed by atoms with Crippen LogP contribution in [0.4, 0.5) is 10.1 Å². The third-order valence-electron chi connectivity index (χ3n) is 5.43. The summed E-state index contributed by atoms with van der Waals surface area (Å²) in [6, 6.07) is 12.1. The molecule has 0 spiro atoms. The van der Waals surface area contributed by atoms with Crippen LogP contribution in [0.3, 0.4) is 0 Å². The number of aryl methyl sites for hydroxylation is 2. The average Bonchev–Trinajstić information content (AvgIpc) is 3.38. The van der Waals surface area contributed by atoms with Gasteiger partial charge in [0.1, 0.15) is 11.5 Å². The maximum absolute atomic E-state index is 13.4. The van der Waals surface area contributed by atoms with Gasteiger partial charge in [-0.05, 0) is 62.2 Å². The van der Waals surface area contributed by atoms with E-state index in [2.05, 4.69) is 20.6 Å². The first-order chi connectivity index (χ1) is 15.9. The number of carbonyl (C=O) groups is 1. The van der Waals surface area contributed by atoms with Crippen LogP contribution in [-0.4, -0.2) is 36.2 Å². The number of carbonyl (C=O) groups excluding carboxylic acids is 1. The fourth-order valence-electron chi connectivity index (χ4n) is 3.56. The molecule has 2 aromatic heterocycles. The zero-order valence-corrected chi connectivity index (χ0v) is 19.8. The molecule has 0 radical (unpaired) electrons. The first kappa shape index (κ1) is 22.7. The summed E-state index contributed by atoms with van der Waals surface area (Å²) in [6.07, 6.45) is 1.87. The van der Waals surface area contributed by atoms with E-state index >= 15 is 0 Å². The number of amides is 1. The van der Waals surface area contributed by atoms with E-state index in [1.807, 2.05) is 56.8 Å². The van der Waals surface area contributed by atoms with Gasteiger partial charge < -0.3 is 9.88 Å². The molecule has 170 valence electrons. The minimum absolute atomic E-state index is 0.103. The lowest BCUT2D eigenvalue weighted by Gasteiger charge is -2.10. The maximum Gasteiger partial charge on any atom is 0.234 e. The van der Waals surface area contributed by atoms with Crippen molar-refractivity contribution in [2.75, 3.05) is 11.1 Å². The van der Waals surface area contributed by atoms with Gasteiger partial charge in [0.25, 0.3) is 0 Å². The maximum atomic E-state index is 13.4. The van der Waals surface area contributed by atoms with Crippen molar-refractivity contribution in [2.24, 2.45) is 7.05 Å². The van der Waals surface area contributed by atoms with Gasteiger partial charge in [0, 0.05) is 31.0 Å². The van der Waals surface area contributed by atoms with Crippen molar-refractivity contribution in [3.05, 3.63) is 65.6 Å². The topological polar surface area (TPSA) is 77.6 Å². The summed E-state index contributed by atoms with van der Waals surface area (Å²) in [5, 5.41) is 16.9. The third-order valence-corrected chi connectivity index (χ3v) is 6.40. The quantitative estimate of drug-likeness (QED) is 0.396. The van der Waals surface area contributed by atoms with Crippen LogP contribution in [-0.2, 0) is 18.4 Å². The van der Waals surface area contributed by atoms with Crippen molar-refractivity contribution in [3.63, 3.8) is 0 Å². The third kappa shape index (κ3) is 4.83. The highest BCUT2D eigenvalue weighted by Gasteiger charge is 2.20. The van der Waals surface area contributed by atoms with Crippen LogP contribution in [0.25, 0.3) is 22.6 Å². The average molecular weight is 465 g/mol.